The van der Waals surface area contributed by atoms with Gasteiger partial charge in [0.05, 0.1) is 40.4 Å². The van der Waals surface area contributed by atoms with Crippen LogP contribution in [0.15, 0.2) is 79.4 Å². The summed E-state index contributed by atoms with van der Waals surface area (Å²) >= 11 is 0. The van der Waals surface area contributed by atoms with Gasteiger partial charge in [-0.25, -0.2) is 9.18 Å². The first kappa shape index (κ1) is 26.1. The van der Waals surface area contributed by atoms with Gasteiger partial charge in [-0.3, -0.25) is 14.8 Å². The topological polar surface area (TPSA) is 134 Å². The zero-order valence-electron chi connectivity index (χ0n) is 21.9. The molecule has 200 valence electrons. The summed E-state index contributed by atoms with van der Waals surface area (Å²) in [6, 6.07) is 15.8. The van der Waals surface area contributed by atoms with Crippen molar-refractivity contribution in [3.63, 3.8) is 0 Å². The van der Waals surface area contributed by atoms with Crippen molar-refractivity contribution in [2.75, 3.05) is 10.6 Å². The molecule has 10 nitrogen and oxygen atoms in total. The zero-order chi connectivity index (χ0) is 28.3. The molecule has 5 aromatic rings. The van der Waals surface area contributed by atoms with Crippen molar-refractivity contribution in [1.29, 1.82) is 5.26 Å². The molecule has 0 fully saturated rings. The van der Waals surface area contributed by atoms with Gasteiger partial charge < -0.3 is 15.4 Å². The van der Waals surface area contributed by atoms with Crippen LogP contribution < -0.4 is 15.4 Å². The van der Waals surface area contributed by atoms with E-state index in [9.17, 15) is 9.18 Å². The third-order valence-electron chi connectivity index (χ3n) is 5.89. The van der Waals surface area contributed by atoms with Gasteiger partial charge in [-0.2, -0.15) is 15.5 Å². The smallest absolute Gasteiger partial charge is 0.323 e. The van der Waals surface area contributed by atoms with Crippen molar-refractivity contribution < 1.29 is 13.9 Å². The Morgan fingerprint density at radius 2 is 1.77 bits per heavy atom. The number of carbonyl (C=O) groups is 1. The Balaban J connectivity index is 1.31. The summed E-state index contributed by atoms with van der Waals surface area (Å²) in [7, 11) is 0. The fourth-order valence-electron chi connectivity index (χ4n) is 3.82. The number of nitriles is 1. The van der Waals surface area contributed by atoms with Crippen LogP contribution in [0, 0.1) is 17.1 Å². The van der Waals surface area contributed by atoms with Crippen LogP contribution in [-0.2, 0) is 5.54 Å². The molecule has 0 saturated heterocycles. The summed E-state index contributed by atoms with van der Waals surface area (Å²) < 4.78 is 22.5. The van der Waals surface area contributed by atoms with Crippen molar-refractivity contribution >= 4 is 17.4 Å². The average Bonchev–Trinajstić information content (AvgIpc) is 3.61. The molecule has 0 bridgehead atoms. The van der Waals surface area contributed by atoms with E-state index in [0.29, 0.717) is 28.4 Å². The second-order valence-electron chi connectivity index (χ2n) is 9.88. The fraction of sp³-hybridized carbons (Fsp3) is 0.138. The van der Waals surface area contributed by atoms with E-state index in [1.54, 1.807) is 71.9 Å². The molecule has 0 aliphatic carbocycles. The SMILES string of the molecule is CC(C)(C)n1cc(NC(=O)Nc2ccc(Oc3ccnc(-c4cn[nH]c4)c3)cc2F)c(-c2ccc(C#N)cc2)n1. The maximum absolute atomic E-state index is 14.9. The van der Waals surface area contributed by atoms with E-state index >= 15 is 0 Å². The van der Waals surface area contributed by atoms with Gasteiger partial charge in [0.25, 0.3) is 0 Å². The summed E-state index contributed by atoms with van der Waals surface area (Å²) in [5.41, 5.74) is 3.24. The molecule has 0 spiro atoms. The van der Waals surface area contributed by atoms with Gasteiger partial charge in [0.1, 0.15) is 23.0 Å². The largest absolute Gasteiger partial charge is 0.457 e. The van der Waals surface area contributed by atoms with E-state index in [0.717, 1.165) is 11.1 Å². The highest BCUT2D eigenvalue weighted by molar-refractivity contribution is 6.02. The summed E-state index contributed by atoms with van der Waals surface area (Å²) in [5.74, 6) is 0.0482. The number of benzene rings is 2. The first-order valence-corrected chi connectivity index (χ1v) is 12.3. The Morgan fingerprint density at radius 1 is 1.02 bits per heavy atom. The second kappa shape index (κ2) is 10.7. The van der Waals surface area contributed by atoms with Gasteiger partial charge in [-0.05, 0) is 51.1 Å². The molecule has 11 heteroatoms. The predicted molar refractivity (Wildman–Crippen MR) is 148 cm³/mol. The lowest BCUT2D eigenvalue weighted by Crippen LogP contribution is -2.22. The molecular weight excluding hydrogens is 511 g/mol. The minimum Gasteiger partial charge on any atom is -0.457 e. The van der Waals surface area contributed by atoms with Crippen LogP contribution >= 0.6 is 0 Å². The van der Waals surface area contributed by atoms with E-state index in [2.05, 4.69) is 37.0 Å². The number of H-pyrrole nitrogens is 1. The number of carbonyl (C=O) groups excluding carboxylic acids is 1. The van der Waals surface area contributed by atoms with Crippen LogP contribution in [0.3, 0.4) is 0 Å². The molecular formula is C29H25FN8O2. The molecule has 3 aromatic heterocycles. The standard InChI is InChI=1S/C29H25FN8O2/c1-29(2,3)38-17-26(27(37-38)19-6-4-18(14-31)5-7-19)36-28(39)35-24-9-8-21(12-23(24)30)40-22-10-11-32-25(13-22)20-15-33-34-16-20/h4-13,15-17H,1-3H3,(H,33,34)(H2,35,36,39). The molecule has 0 unspecified atom stereocenters. The quantitative estimate of drug-likeness (QED) is 0.226. The van der Waals surface area contributed by atoms with Crippen LogP contribution in [0.5, 0.6) is 11.5 Å². The van der Waals surface area contributed by atoms with E-state index in [4.69, 9.17) is 10.00 Å². The van der Waals surface area contributed by atoms with E-state index < -0.39 is 11.8 Å². The van der Waals surface area contributed by atoms with Crippen LogP contribution in [0.4, 0.5) is 20.6 Å². The number of nitrogens with one attached hydrogen (secondary N) is 3. The predicted octanol–water partition coefficient (Wildman–Crippen LogP) is 6.54. The number of hydrogen-bond acceptors (Lipinski definition) is 6. The number of halogens is 1. The third-order valence-corrected chi connectivity index (χ3v) is 5.89. The Labute approximate surface area is 229 Å². The van der Waals surface area contributed by atoms with Crippen LogP contribution in [0.25, 0.3) is 22.5 Å². The van der Waals surface area contributed by atoms with Gasteiger partial charge in [0.15, 0.2) is 0 Å². The molecule has 40 heavy (non-hydrogen) atoms. The Morgan fingerprint density at radius 3 is 2.45 bits per heavy atom. The number of anilines is 2. The number of amides is 2. The highest BCUT2D eigenvalue weighted by Gasteiger charge is 2.21. The number of nitrogens with zero attached hydrogens (tertiary/aromatic N) is 5. The first-order chi connectivity index (χ1) is 19.2. The molecule has 3 heterocycles. The minimum absolute atomic E-state index is 0.0261. The molecule has 0 aliphatic heterocycles. The molecule has 2 amide bonds. The molecule has 0 saturated carbocycles. The highest BCUT2D eigenvalue weighted by Crippen LogP contribution is 2.31. The highest BCUT2D eigenvalue weighted by atomic mass is 19.1. The van der Waals surface area contributed by atoms with Gasteiger partial charge in [0, 0.05) is 41.9 Å². The van der Waals surface area contributed by atoms with Gasteiger partial charge >= 0.3 is 6.03 Å². The Kier molecular flexibility index (Phi) is 6.99. The van der Waals surface area contributed by atoms with Gasteiger partial charge in [-0.1, -0.05) is 12.1 Å². The zero-order valence-corrected chi connectivity index (χ0v) is 21.9. The van der Waals surface area contributed by atoms with E-state index in [1.807, 2.05) is 20.8 Å². The van der Waals surface area contributed by atoms with E-state index in [1.165, 1.54) is 12.1 Å². The maximum atomic E-state index is 14.9. The van der Waals surface area contributed by atoms with E-state index in [-0.39, 0.29) is 17.0 Å². The monoisotopic (exact) mass is 536 g/mol. The molecule has 5 rings (SSSR count). The van der Waals surface area contributed by atoms with Crippen molar-refractivity contribution in [2.45, 2.75) is 26.3 Å². The molecule has 0 aliphatic rings. The summed E-state index contributed by atoms with van der Waals surface area (Å²) in [5, 5.41) is 25.7. The number of urea groups is 1. The lowest BCUT2D eigenvalue weighted by molar-refractivity contribution is 0.262. The molecule has 2 aromatic carbocycles. The molecule has 3 N–H and O–H groups in total. The second-order valence-corrected chi connectivity index (χ2v) is 9.88. The third kappa shape index (κ3) is 5.81. The summed E-state index contributed by atoms with van der Waals surface area (Å²) in [6.45, 7) is 5.95. The first-order valence-electron chi connectivity index (χ1n) is 12.3. The minimum atomic E-state index is -0.672. The Bertz CT molecular complexity index is 1700. The van der Waals surface area contributed by atoms with Crippen molar-refractivity contribution in [1.82, 2.24) is 25.0 Å². The number of pyridine rings is 1. The lowest BCUT2D eigenvalue weighted by Gasteiger charge is -2.18. The normalized spacial score (nSPS) is 11.1. The van der Waals surface area contributed by atoms with Gasteiger partial charge in [0.2, 0.25) is 0 Å². The Hall–Kier alpha value is -5.50. The van der Waals surface area contributed by atoms with Crippen LogP contribution in [0.2, 0.25) is 0 Å². The lowest BCUT2D eigenvalue weighted by atomic mass is 10.1. The van der Waals surface area contributed by atoms with Crippen LogP contribution in [-0.4, -0.2) is 31.0 Å². The average molecular weight is 537 g/mol. The van der Waals surface area contributed by atoms with Crippen LogP contribution in [0.1, 0.15) is 26.3 Å². The summed E-state index contributed by atoms with van der Waals surface area (Å²) in [4.78, 5) is 17.2. The number of aromatic nitrogens is 5. The van der Waals surface area contributed by atoms with Gasteiger partial charge in [-0.15, -0.1) is 0 Å². The number of ether oxygens (including phenoxy) is 1. The number of aromatic amines is 1. The summed E-state index contributed by atoms with van der Waals surface area (Å²) in [6.07, 6.45) is 6.65. The number of hydrogen-bond donors (Lipinski definition) is 3. The van der Waals surface area contributed by atoms with Crippen molar-refractivity contribution in [3.05, 3.63) is 90.8 Å². The fourth-order valence-corrected chi connectivity index (χ4v) is 3.82. The maximum Gasteiger partial charge on any atom is 0.323 e. The molecule has 0 atom stereocenters. The number of rotatable bonds is 6. The van der Waals surface area contributed by atoms with Crippen molar-refractivity contribution in [2.24, 2.45) is 0 Å². The molecule has 0 radical (unpaired) electrons. The van der Waals surface area contributed by atoms with Crippen molar-refractivity contribution in [3.8, 4) is 40.1 Å².